The van der Waals surface area contributed by atoms with Crippen molar-refractivity contribution in [2.24, 2.45) is 0 Å². The summed E-state index contributed by atoms with van der Waals surface area (Å²) >= 11 is 0. The summed E-state index contributed by atoms with van der Waals surface area (Å²) in [6.45, 7) is 4.19. The summed E-state index contributed by atoms with van der Waals surface area (Å²) in [6.07, 6.45) is 1.03. The Morgan fingerprint density at radius 3 is 2.57 bits per heavy atom. The third-order valence-electron chi connectivity index (χ3n) is 5.49. The number of nitrogens with zero attached hydrogens (tertiary/aromatic N) is 2. The van der Waals surface area contributed by atoms with Crippen molar-refractivity contribution in [3.63, 3.8) is 0 Å². The Morgan fingerprint density at radius 1 is 1.10 bits per heavy atom. The molecule has 2 heterocycles. The summed E-state index contributed by atoms with van der Waals surface area (Å²) in [7, 11) is 6.54. The van der Waals surface area contributed by atoms with E-state index in [0.717, 1.165) is 32.6 Å². The van der Waals surface area contributed by atoms with E-state index in [1.165, 1.54) is 7.11 Å². The summed E-state index contributed by atoms with van der Waals surface area (Å²) < 4.78 is 15.8. The van der Waals surface area contributed by atoms with Gasteiger partial charge in [0.05, 0.1) is 32.9 Å². The van der Waals surface area contributed by atoms with Gasteiger partial charge in [0.15, 0.2) is 11.5 Å². The Labute approximate surface area is 176 Å². The van der Waals surface area contributed by atoms with Crippen LogP contribution in [0.1, 0.15) is 18.0 Å². The number of likely N-dealkylation sites (N-methyl/N-ethyl adjacent to an activating group) is 1. The van der Waals surface area contributed by atoms with Gasteiger partial charge in [-0.1, -0.05) is 6.07 Å². The number of urea groups is 1. The van der Waals surface area contributed by atoms with Crippen LogP contribution in [0.3, 0.4) is 0 Å². The zero-order valence-electron chi connectivity index (χ0n) is 18.0. The van der Waals surface area contributed by atoms with Gasteiger partial charge in [0.1, 0.15) is 0 Å². The van der Waals surface area contributed by atoms with Gasteiger partial charge in [-0.05, 0) is 44.3 Å². The molecule has 2 aliphatic rings. The smallest absolute Gasteiger partial charge is 0.338 e. The summed E-state index contributed by atoms with van der Waals surface area (Å²) in [5.74, 6) is 0.604. The van der Waals surface area contributed by atoms with Crippen LogP contribution in [0.4, 0.5) is 4.79 Å². The lowest BCUT2D eigenvalue weighted by molar-refractivity contribution is -0.136. The van der Waals surface area contributed by atoms with Crippen molar-refractivity contribution in [3.05, 3.63) is 35.0 Å². The largest absolute Gasteiger partial charge is 0.493 e. The first-order valence-corrected chi connectivity index (χ1v) is 9.98. The fourth-order valence-electron chi connectivity index (χ4n) is 3.86. The van der Waals surface area contributed by atoms with E-state index in [1.54, 1.807) is 32.4 Å². The lowest BCUT2D eigenvalue weighted by atomic mass is 9.94. The first kappa shape index (κ1) is 21.9. The Hall–Kier alpha value is -2.78. The van der Waals surface area contributed by atoms with E-state index in [2.05, 4.69) is 27.5 Å². The van der Waals surface area contributed by atoms with Crippen LogP contribution in [0.2, 0.25) is 0 Å². The molecule has 9 nitrogen and oxygen atoms in total. The first-order chi connectivity index (χ1) is 14.5. The third kappa shape index (κ3) is 4.85. The van der Waals surface area contributed by atoms with Crippen molar-refractivity contribution in [2.75, 3.05) is 61.1 Å². The zero-order valence-corrected chi connectivity index (χ0v) is 18.0. The molecule has 3 rings (SSSR count). The minimum atomic E-state index is -0.657. The Balaban J connectivity index is 1.98. The van der Waals surface area contributed by atoms with Crippen molar-refractivity contribution in [2.45, 2.75) is 12.5 Å². The van der Waals surface area contributed by atoms with Crippen LogP contribution >= 0.6 is 0 Å². The van der Waals surface area contributed by atoms with E-state index in [9.17, 15) is 9.59 Å². The molecule has 0 bridgehead atoms. The number of hydrogen-bond acceptors (Lipinski definition) is 7. The number of hydrogen-bond donors (Lipinski definition) is 2. The molecular weight excluding hydrogens is 388 g/mol. The highest BCUT2D eigenvalue weighted by molar-refractivity contribution is 5.95. The number of carbonyl (C=O) groups is 2. The molecule has 1 aromatic carbocycles. The minimum absolute atomic E-state index is 0.357. The highest BCUT2D eigenvalue weighted by atomic mass is 16.5. The van der Waals surface area contributed by atoms with Gasteiger partial charge >= 0.3 is 12.0 Å². The number of nitrogens with one attached hydrogen (secondary N) is 2. The van der Waals surface area contributed by atoms with Crippen LogP contribution in [-0.2, 0) is 9.53 Å². The fourth-order valence-corrected chi connectivity index (χ4v) is 3.86. The van der Waals surface area contributed by atoms with Gasteiger partial charge in [0.25, 0.3) is 0 Å². The Bertz CT molecular complexity index is 826. The predicted octanol–water partition coefficient (Wildman–Crippen LogP) is 1.12. The molecule has 0 saturated carbocycles. The van der Waals surface area contributed by atoms with Crippen LogP contribution in [-0.4, -0.2) is 82.9 Å². The summed E-state index contributed by atoms with van der Waals surface area (Å²) in [5, 5.41) is 5.67. The molecule has 0 unspecified atom stereocenters. The fraction of sp³-hybridized carbons (Fsp3) is 0.524. The number of esters is 1. The van der Waals surface area contributed by atoms with Crippen LogP contribution in [0.5, 0.6) is 11.5 Å². The number of amides is 2. The number of ether oxygens (including phenoxy) is 3. The number of carbonyl (C=O) groups excluding carboxylic acids is 2. The molecule has 1 aromatic rings. The van der Waals surface area contributed by atoms with Gasteiger partial charge in [0, 0.05) is 25.3 Å². The number of rotatable bonds is 6. The topological polar surface area (TPSA) is 92.4 Å². The molecule has 2 N–H and O–H groups in total. The molecule has 1 fully saturated rings. The third-order valence-corrected chi connectivity index (χ3v) is 5.49. The van der Waals surface area contributed by atoms with E-state index < -0.39 is 12.0 Å². The van der Waals surface area contributed by atoms with Gasteiger partial charge in [-0.2, -0.15) is 0 Å². The average Bonchev–Trinajstić information content (AvgIpc) is 2.96. The van der Waals surface area contributed by atoms with Crippen LogP contribution < -0.4 is 20.1 Å². The van der Waals surface area contributed by atoms with E-state index in [1.807, 2.05) is 0 Å². The standard InChI is InChI=1S/C21H30N4O5/c1-24-8-5-9-25(11-10-24)13-15-18(20(26)30-4)19(23-21(27)22-15)14-6-7-16(28-2)17(12-14)29-3/h6-7,12,19H,5,8-11,13H2,1-4H3,(H2,22,23,27)/t19-/m1/s1. The molecule has 1 saturated heterocycles. The van der Waals surface area contributed by atoms with Crippen LogP contribution in [0, 0.1) is 0 Å². The van der Waals surface area contributed by atoms with E-state index in [-0.39, 0.29) is 6.03 Å². The lowest BCUT2D eigenvalue weighted by Gasteiger charge is -2.32. The molecule has 0 aliphatic carbocycles. The van der Waals surface area contributed by atoms with Crippen molar-refractivity contribution < 1.29 is 23.8 Å². The average molecular weight is 418 g/mol. The van der Waals surface area contributed by atoms with Crippen molar-refractivity contribution >= 4 is 12.0 Å². The minimum Gasteiger partial charge on any atom is -0.493 e. The molecule has 164 valence electrons. The molecular formula is C21H30N4O5. The first-order valence-electron chi connectivity index (χ1n) is 9.98. The highest BCUT2D eigenvalue weighted by Gasteiger charge is 2.34. The summed E-state index contributed by atoms with van der Waals surface area (Å²) in [6, 6.07) is 4.30. The second kappa shape index (κ2) is 9.82. The van der Waals surface area contributed by atoms with Gasteiger partial charge in [0.2, 0.25) is 0 Å². The van der Waals surface area contributed by atoms with E-state index in [4.69, 9.17) is 14.2 Å². The van der Waals surface area contributed by atoms with Crippen LogP contribution in [0.15, 0.2) is 29.5 Å². The normalized spacial score (nSPS) is 20.8. The van der Waals surface area contributed by atoms with Crippen molar-refractivity contribution in [1.82, 2.24) is 20.4 Å². The Kier molecular flexibility index (Phi) is 7.17. The highest BCUT2D eigenvalue weighted by Crippen LogP contribution is 2.34. The Morgan fingerprint density at radius 2 is 1.87 bits per heavy atom. The quantitative estimate of drug-likeness (QED) is 0.669. The predicted molar refractivity (Wildman–Crippen MR) is 112 cm³/mol. The maximum Gasteiger partial charge on any atom is 0.338 e. The zero-order chi connectivity index (χ0) is 21.7. The van der Waals surface area contributed by atoms with Gasteiger partial charge in [-0.25, -0.2) is 9.59 Å². The molecule has 9 heteroatoms. The number of methoxy groups -OCH3 is 3. The molecule has 30 heavy (non-hydrogen) atoms. The van der Waals surface area contributed by atoms with Gasteiger partial charge in [-0.3, -0.25) is 4.90 Å². The molecule has 2 amide bonds. The maximum absolute atomic E-state index is 12.8. The maximum atomic E-state index is 12.8. The van der Waals surface area contributed by atoms with Crippen molar-refractivity contribution in [1.29, 1.82) is 0 Å². The van der Waals surface area contributed by atoms with Crippen LogP contribution in [0.25, 0.3) is 0 Å². The second-order valence-corrected chi connectivity index (χ2v) is 7.46. The van der Waals surface area contributed by atoms with E-state index >= 15 is 0 Å². The van der Waals surface area contributed by atoms with Crippen molar-refractivity contribution in [3.8, 4) is 11.5 Å². The van der Waals surface area contributed by atoms with Gasteiger partial charge < -0.3 is 29.7 Å². The van der Waals surface area contributed by atoms with Gasteiger partial charge in [-0.15, -0.1) is 0 Å². The van der Waals surface area contributed by atoms with E-state index in [0.29, 0.717) is 34.9 Å². The molecule has 0 spiro atoms. The second-order valence-electron chi connectivity index (χ2n) is 7.46. The molecule has 0 radical (unpaired) electrons. The lowest BCUT2D eigenvalue weighted by Crippen LogP contribution is -2.48. The summed E-state index contributed by atoms with van der Waals surface area (Å²) in [4.78, 5) is 29.7. The molecule has 2 aliphatic heterocycles. The SMILES string of the molecule is COC(=O)C1=C(CN2CCCN(C)CC2)NC(=O)N[C@@H]1c1ccc(OC)c(OC)c1. The monoisotopic (exact) mass is 418 g/mol. The molecule has 0 aromatic heterocycles. The molecule has 1 atom stereocenters. The summed E-state index contributed by atoms with van der Waals surface area (Å²) in [5.41, 5.74) is 1.66. The number of benzene rings is 1.